The first-order valence-electron chi connectivity index (χ1n) is 11.0. The lowest BCUT2D eigenvalue weighted by molar-refractivity contribution is -0.142. The van der Waals surface area contributed by atoms with E-state index < -0.39 is 11.3 Å². The van der Waals surface area contributed by atoms with Crippen LogP contribution < -0.4 is 4.72 Å². The van der Waals surface area contributed by atoms with Crippen LogP contribution in [0.2, 0.25) is 0 Å². The Bertz CT molecular complexity index is 949. The molecule has 0 aromatic heterocycles. The van der Waals surface area contributed by atoms with Crippen molar-refractivity contribution in [1.82, 2.24) is 14.7 Å². The maximum Gasteiger partial charge on any atom is 0.240 e. The van der Waals surface area contributed by atoms with Crippen LogP contribution in [0.3, 0.4) is 0 Å². The fraction of sp³-hybridized carbons (Fsp3) is 0.591. The minimum absolute atomic E-state index is 0.00204. The molecule has 3 saturated heterocycles. The lowest BCUT2D eigenvalue weighted by Gasteiger charge is -2.38. The molecular weight excluding hydrogens is 430 g/mol. The fourth-order valence-electron chi connectivity index (χ4n) is 5.36. The first kappa shape index (κ1) is 22.7. The van der Waals surface area contributed by atoms with Crippen molar-refractivity contribution >= 4 is 28.8 Å². The molecule has 32 heavy (non-hydrogen) atoms. The first-order chi connectivity index (χ1) is 15.3. The molecule has 0 radical (unpaired) electrons. The number of hydrogen-bond donors (Lipinski definition) is 1. The van der Waals surface area contributed by atoms with E-state index in [0.29, 0.717) is 18.8 Å². The highest BCUT2D eigenvalue weighted by Crippen LogP contribution is 2.38. The van der Waals surface area contributed by atoms with Crippen LogP contribution in [0.5, 0.6) is 0 Å². The van der Waals surface area contributed by atoms with Gasteiger partial charge in [-0.2, -0.15) is 5.26 Å². The lowest BCUT2D eigenvalue weighted by atomic mass is 10.0. The SMILES string of the molecule is C[C@@H](CN1C[C@H]2C[C@@H]1C(=O)N2[C@@H](C)c1ccc(NS(=O)[O-])cc1)C(=O)N1CCC[C@H]1C#N. The minimum Gasteiger partial charge on any atom is -0.755 e. The van der Waals surface area contributed by atoms with Gasteiger partial charge in [0.05, 0.1) is 18.2 Å². The Labute approximate surface area is 190 Å². The number of nitrogens with one attached hydrogen (secondary N) is 1. The molecule has 2 bridgehead atoms. The molecule has 0 aliphatic carbocycles. The van der Waals surface area contributed by atoms with Crippen LogP contribution in [0.25, 0.3) is 0 Å². The van der Waals surface area contributed by atoms with Gasteiger partial charge in [0, 0.05) is 48.5 Å². The molecule has 9 nitrogen and oxygen atoms in total. The van der Waals surface area contributed by atoms with Gasteiger partial charge in [-0.1, -0.05) is 19.1 Å². The Morgan fingerprint density at radius 1 is 1.34 bits per heavy atom. The van der Waals surface area contributed by atoms with Crippen molar-refractivity contribution in [3.8, 4) is 6.07 Å². The standard InChI is InChI=1S/C22H29N5O4S/c1-14(21(28)26-9-3-4-18(26)11-23)12-25-13-19-10-20(25)22(29)27(19)15(2)16-5-7-17(8-6-16)24-32(30)31/h5-8,14-15,18-20,24H,3-4,9-10,12-13H2,1-2H3,(H,30,31)/p-1/t14-,15-,18-,19+,20+/m0/s1. The predicted octanol–water partition coefficient (Wildman–Crippen LogP) is 1.39. The summed E-state index contributed by atoms with van der Waals surface area (Å²) in [5.74, 6) is -0.178. The van der Waals surface area contributed by atoms with Gasteiger partial charge in [-0.25, -0.2) is 0 Å². The van der Waals surface area contributed by atoms with Crippen molar-refractivity contribution in [3.63, 3.8) is 0 Å². The van der Waals surface area contributed by atoms with Gasteiger partial charge < -0.3 is 19.1 Å². The van der Waals surface area contributed by atoms with E-state index in [1.54, 1.807) is 17.0 Å². The highest BCUT2D eigenvalue weighted by atomic mass is 32.2. The fourth-order valence-corrected chi connectivity index (χ4v) is 5.69. The number of hydrogen-bond acceptors (Lipinski definition) is 6. The molecule has 172 valence electrons. The van der Waals surface area contributed by atoms with E-state index in [0.717, 1.165) is 31.4 Å². The summed E-state index contributed by atoms with van der Waals surface area (Å²) in [5, 5.41) is 9.27. The van der Waals surface area contributed by atoms with E-state index in [4.69, 9.17) is 0 Å². The third kappa shape index (κ3) is 4.25. The highest BCUT2D eigenvalue weighted by Gasteiger charge is 2.51. The highest BCUT2D eigenvalue weighted by molar-refractivity contribution is 7.80. The van der Waals surface area contributed by atoms with Crippen LogP contribution in [0.1, 0.15) is 44.7 Å². The average molecular weight is 459 g/mol. The van der Waals surface area contributed by atoms with Gasteiger partial charge in [-0.15, -0.1) is 0 Å². The molecule has 3 aliphatic heterocycles. The predicted molar refractivity (Wildman–Crippen MR) is 118 cm³/mol. The molecule has 0 spiro atoms. The Morgan fingerprint density at radius 2 is 2.06 bits per heavy atom. The number of carbonyl (C=O) groups is 2. The molecule has 1 N–H and O–H groups in total. The number of likely N-dealkylation sites (tertiary alicyclic amines) is 3. The van der Waals surface area contributed by atoms with Gasteiger partial charge in [0.1, 0.15) is 6.04 Å². The number of nitriles is 1. The monoisotopic (exact) mass is 458 g/mol. The van der Waals surface area contributed by atoms with E-state index in [1.807, 2.05) is 30.9 Å². The maximum atomic E-state index is 13.2. The van der Waals surface area contributed by atoms with E-state index in [1.165, 1.54) is 0 Å². The second-order valence-electron chi connectivity index (χ2n) is 8.96. The van der Waals surface area contributed by atoms with Gasteiger partial charge in [-0.05, 0) is 43.9 Å². The number of benzene rings is 1. The van der Waals surface area contributed by atoms with Gasteiger partial charge in [0.15, 0.2) is 0 Å². The molecule has 1 aromatic carbocycles. The van der Waals surface area contributed by atoms with Crippen LogP contribution in [-0.2, 0) is 20.9 Å². The zero-order valence-corrected chi connectivity index (χ0v) is 19.1. The molecule has 0 saturated carbocycles. The van der Waals surface area contributed by atoms with Crippen molar-refractivity contribution in [3.05, 3.63) is 29.8 Å². The van der Waals surface area contributed by atoms with Gasteiger partial charge in [0.2, 0.25) is 11.8 Å². The van der Waals surface area contributed by atoms with Crippen molar-refractivity contribution in [2.24, 2.45) is 5.92 Å². The number of piperazine rings is 1. The minimum atomic E-state index is -2.37. The molecule has 1 unspecified atom stereocenters. The Morgan fingerprint density at radius 3 is 2.69 bits per heavy atom. The largest absolute Gasteiger partial charge is 0.755 e. The average Bonchev–Trinajstić information content (AvgIpc) is 3.47. The zero-order valence-electron chi connectivity index (χ0n) is 18.3. The van der Waals surface area contributed by atoms with E-state index in [2.05, 4.69) is 15.7 Å². The number of carbonyl (C=O) groups excluding carboxylic acids is 2. The molecular formula is C22H28N5O4S-. The Kier molecular flexibility index (Phi) is 6.51. The van der Waals surface area contributed by atoms with Crippen molar-refractivity contribution < 1.29 is 18.4 Å². The quantitative estimate of drug-likeness (QED) is 0.617. The number of fused-ring (bicyclic) bond motifs is 2. The van der Waals surface area contributed by atoms with E-state index in [-0.39, 0.29) is 41.9 Å². The topological polar surface area (TPSA) is 120 Å². The molecule has 6 atom stereocenters. The summed E-state index contributed by atoms with van der Waals surface area (Å²) < 4.78 is 23.9. The van der Waals surface area contributed by atoms with Crippen molar-refractivity contribution in [2.45, 2.75) is 57.3 Å². The normalized spacial score (nSPS) is 27.9. The third-order valence-corrected chi connectivity index (χ3v) is 7.34. The number of nitrogens with zero attached hydrogens (tertiary/aromatic N) is 4. The number of rotatable bonds is 7. The molecule has 4 rings (SSSR count). The summed E-state index contributed by atoms with van der Waals surface area (Å²) in [4.78, 5) is 31.7. The summed E-state index contributed by atoms with van der Waals surface area (Å²) in [6.45, 7) is 5.76. The summed E-state index contributed by atoms with van der Waals surface area (Å²) >= 11 is -2.37. The van der Waals surface area contributed by atoms with E-state index in [9.17, 15) is 23.6 Å². The molecule has 3 heterocycles. The summed E-state index contributed by atoms with van der Waals surface area (Å²) in [6.07, 6.45) is 2.35. The third-order valence-electron chi connectivity index (χ3n) is 6.94. The molecule has 1 aromatic rings. The Hall–Kier alpha value is -2.48. The van der Waals surface area contributed by atoms with Gasteiger partial charge in [0.25, 0.3) is 0 Å². The number of amides is 2. The van der Waals surface area contributed by atoms with E-state index >= 15 is 0 Å². The van der Waals surface area contributed by atoms with Crippen molar-refractivity contribution in [2.75, 3.05) is 24.4 Å². The van der Waals surface area contributed by atoms with Crippen LogP contribution in [0.4, 0.5) is 5.69 Å². The van der Waals surface area contributed by atoms with Crippen LogP contribution >= 0.6 is 0 Å². The summed E-state index contributed by atoms with van der Waals surface area (Å²) in [6, 6.07) is 8.69. The lowest BCUT2D eigenvalue weighted by Crippen LogP contribution is -2.53. The van der Waals surface area contributed by atoms with Crippen molar-refractivity contribution in [1.29, 1.82) is 5.26 Å². The Balaban J connectivity index is 1.37. The second-order valence-corrected chi connectivity index (χ2v) is 9.63. The van der Waals surface area contributed by atoms with Crippen LogP contribution in [-0.4, -0.2) is 73.0 Å². The number of anilines is 1. The van der Waals surface area contributed by atoms with Gasteiger partial charge in [-0.3, -0.25) is 18.7 Å². The molecule has 3 aliphatic rings. The molecule has 3 fully saturated rings. The van der Waals surface area contributed by atoms with Crippen LogP contribution in [0.15, 0.2) is 24.3 Å². The van der Waals surface area contributed by atoms with Crippen LogP contribution in [0, 0.1) is 17.2 Å². The second kappa shape index (κ2) is 9.17. The molecule has 2 amide bonds. The summed E-state index contributed by atoms with van der Waals surface area (Å²) in [5.41, 5.74) is 1.42. The van der Waals surface area contributed by atoms with Gasteiger partial charge >= 0.3 is 0 Å². The zero-order chi connectivity index (χ0) is 23.0. The first-order valence-corrected chi connectivity index (χ1v) is 12.1. The smallest absolute Gasteiger partial charge is 0.240 e. The summed E-state index contributed by atoms with van der Waals surface area (Å²) in [7, 11) is 0. The maximum absolute atomic E-state index is 13.2. The molecule has 10 heteroatoms.